The second-order valence-corrected chi connectivity index (χ2v) is 4.99. The lowest BCUT2D eigenvalue weighted by atomic mass is 10.1. The maximum absolute atomic E-state index is 13.1. The zero-order valence-electron chi connectivity index (χ0n) is 12.2. The number of pyridine rings is 1. The number of halogens is 2. The molecule has 0 amide bonds. The van der Waals surface area contributed by atoms with Gasteiger partial charge in [-0.05, 0) is 42.8 Å². The van der Waals surface area contributed by atoms with E-state index < -0.39 is 11.9 Å². The molecule has 2 aromatic rings. The van der Waals surface area contributed by atoms with Crippen LogP contribution < -0.4 is 10.1 Å². The van der Waals surface area contributed by atoms with E-state index in [1.165, 1.54) is 30.3 Å². The van der Waals surface area contributed by atoms with Gasteiger partial charge in [-0.1, -0.05) is 0 Å². The van der Waals surface area contributed by atoms with Gasteiger partial charge in [0.1, 0.15) is 30.1 Å². The number of ether oxygens (including phenoxy) is 1. The van der Waals surface area contributed by atoms with Crippen LogP contribution in [-0.2, 0) is 0 Å². The van der Waals surface area contributed by atoms with E-state index in [1.807, 2.05) is 6.92 Å². The minimum Gasteiger partial charge on any atom is -0.491 e. The first-order chi connectivity index (χ1) is 10.5. The molecule has 0 aliphatic carbocycles. The van der Waals surface area contributed by atoms with Crippen LogP contribution in [0.3, 0.4) is 0 Å². The third-order valence-electron chi connectivity index (χ3n) is 3.14. The van der Waals surface area contributed by atoms with Gasteiger partial charge in [0.15, 0.2) is 0 Å². The number of hydrogen-bond acceptors (Lipinski definition) is 4. The lowest BCUT2D eigenvalue weighted by Crippen LogP contribution is -2.33. The van der Waals surface area contributed by atoms with Gasteiger partial charge in [-0.25, -0.2) is 8.78 Å². The van der Waals surface area contributed by atoms with Crippen LogP contribution in [0.5, 0.6) is 5.75 Å². The Morgan fingerprint density at radius 3 is 2.59 bits per heavy atom. The second kappa shape index (κ2) is 7.82. The number of benzene rings is 1. The quantitative estimate of drug-likeness (QED) is 0.825. The third kappa shape index (κ3) is 5.05. The molecule has 0 fully saturated rings. The van der Waals surface area contributed by atoms with Gasteiger partial charge in [-0.3, -0.25) is 4.98 Å². The number of rotatable bonds is 7. The summed E-state index contributed by atoms with van der Waals surface area (Å²) in [5.74, 6) is -0.249. The number of aliphatic hydroxyl groups is 1. The van der Waals surface area contributed by atoms with Gasteiger partial charge in [0.25, 0.3) is 0 Å². The average molecular weight is 308 g/mol. The highest BCUT2D eigenvalue weighted by atomic mass is 19.1. The Balaban J connectivity index is 1.75. The van der Waals surface area contributed by atoms with Crippen LogP contribution in [0.1, 0.15) is 18.5 Å². The van der Waals surface area contributed by atoms with Crippen molar-refractivity contribution in [2.75, 3.05) is 13.2 Å². The molecule has 0 spiro atoms. The van der Waals surface area contributed by atoms with E-state index in [-0.39, 0.29) is 25.0 Å². The number of aromatic nitrogens is 1. The second-order valence-electron chi connectivity index (χ2n) is 4.99. The molecule has 118 valence electrons. The number of nitrogens with one attached hydrogen (secondary N) is 1. The molecule has 6 heteroatoms. The van der Waals surface area contributed by atoms with E-state index in [1.54, 1.807) is 6.20 Å². The molecular weight excluding hydrogens is 290 g/mol. The van der Waals surface area contributed by atoms with Crippen LogP contribution in [0.2, 0.25) is 0 Å². The molecule has 2 unspecified atom stereocenters. The lowest BCUT2D eigenvalue weighted by Gasteiger charge is -2.17. The fraction of sp³-hybridized carbons (Fsp3) is 0.312. The van der Waals surface area contributed by atoms with Gasteiger partial charge in [-0.2, -0.15) is 0 Å². The summed E-state index contributed by atoms with van der Waals surface area (Å²) < 4.78 is 31.2. The van der Waals surface area contributed by atoms with E-state index in [9.17, 15) is 13.9 Å². The van der Waals surface area contributed by atoms with E-state index in [2.05, 4.69) is 10.3 Å². The first-order valence-electron chi connectivity index (χ1n) is 6.95. The minimum atomic E-state index is -0.742. The molecule has 0 aliphatic rings. The maximum Gasteiger partial charge on any atom is 0.141 e. The molecule has 4 nitrogen and oxygen atoms in total. The fourth-order valence-electron chi connectivity index (χ4n) is 1.88. The summed E-state index contributed by atoms with van der Waals surface area (Å²) in [6.07, 6.45) is 1.97. The highest BCUT2D eigenvalue weighted by Gasteiger charge is 2.10. The molecule has 2 rings (SSSR count). The van der Waals surface area contributed by atoms with Gasteiger partial charge < -0.3 is 15.2 Å². The van der Waals surface area contributed by atoms with Crippen molar-refractivity contribution in [1.82, 2.24) is 10.3 Å². The normalized spacial score (nSPS) is 13.6. The Morgan fingerprint density at radius 1 is 1.18 bits per heavy atom. The standard InChI is InChI=1S/C16H18F2N2O2/c1-11(12-6-14(18)8-19-7-12)20-9-15(21)10-22-16-4-2-13(17)3-5-16/h2-8,11,15,20-21H,9-10H2,1H3. The predicted octanol–water partition coefficient (Wildman–Crippen LogP) is 2.45. The number of nitrogens with zero attached hydrogens (tertiary/aromatic N) is 1. The molecule has 1 aromatic carbocycles. The molecule has 0 radical (unpaired) electrons. The average Bonchev–Trinajstić information content (AvgIpc) is 2.52. The van der Waals surface area contributed by atoms with Crippen molar-refractivity contribution in [2.45, 2.75) is 19.1 Å². The summed E-state index contributed by atoms with van der Waals surface area (Å²) in [5, 5.41) is 12.9. The van der Waals surface area contributed by atoms with Crippen molar-refractivity contribution in [3.63, 3.8) is 0 Å². The van der Waals surface area contributed by atoms with Crippen LogP contribution in [0.4, 0.5) is 8.78 Å². The molecule has 22 heavy (non-hydrogen) atoms. The van der Waals surface area contributed by atoms with Crippen LogP contribution in [0.25, 0.3) is 0 Å². The van der Waals surface area contributed by atoms with E-state index >= 15 is 0 Å². The van der Waals surface area contributed by atoms with Crippen LogP contribution in [0, 0.1) is 11.6 Å². The fourth-order valence-corrected chi connectivity index (χ4v) is 1.88. The van der Waals surface area contributed by atoms with Crippen molar-refractivity contribution in [2.24, 2.45) is 0 Å². The summed E-state index contributed by atoms with van der Waals surface area (Å²) in [5.41, 5.74) is 0.701. The molecule has 2 atom stereocenters. The van der Waals surface area contributed by atoms with Crippen LogP contribution >= 0.6 is 0 Å². The van der Waals surface area contributed by atoms with Crippen molar-refractivity contribution in [3.05, 3.63) is 59.9 Å². The summed E-state index contributed by atoms with van der Waals surface area (Å²) in [4.78, 5) is 3.78. The Hall–Kier alpha value is -2.05. The van der Waals surface area contributed by atoms with Crippen molar-refractivity contribution < 1.29 is 18.6 Å². The zero-order valence-corrected chi connectivity index (χ0v) is 12.2. The summed E-state index contributed by atoms with van der Waals surface area (Å²) >= 11 is 0. The van der Waals surface area contributed by atoms with Gasteiger partial charge in [0.2, 0.25) is 0 Å². The minimum absolute atomic E-state index is 0.0761. The Morgan fingerprint density at radius 2 is 1.91 bits per heavy atom. The van der Waals surface area contributed by atoms with Crippen LogP contribution in [0.15, 0.2) is 42.7 Å². The third-order valence-corrected chi connectivity index (χ3v) is 3.14. The molecule has 1 heterocycles. The highest BCUT2D eigenvalue weighted by molar-refractivity contribution is 5.22. The van der Waals surface area contributed by atoms with Crippen molar-refractivity contribution >= 4 is 0 Å². The molecule has 1 aromatic heterocycles. The topological polar surface area (TPSA) is 54.4 Å². The summed E-state index contributed by atoms with van der Waals surface area (Å²) in [6, 6.07) is 6.82. The van der Waals surface area contributed by atoms with Gasteiger partial charge in [0, 0.05) is 18.8 Å². The predicted molar refractivity (Wildman–Crippen MR) is 78.5 cm³/mol. The van der Waals surface area contributed by atoms with Crippen molar-refractivity contribution in [1.29, 1.82) is 0 Å². The van der Waals surface area contributed by atoms with E-state index in [0.29, 0.717) is 11.3 Å². The Kier molecular flexibility index (Phi) is 5.80. The molecule has 0 bridgehead atoms. The molecule has 0 saturated carbocycles. The number of aliphatic hydroxyl groups excluding tert-OH is 1. The lowest BCUT2D eigenvalue weighted by molar-refractivity contribution is 0.104. The Bertz CT molecular complexity index is 593. The van der Waals surface area contributed by atoms with Crippen molar-refractivity contribution in [3.8, 4) is 5.75 Å². The first kappa shape index (κ1) is 16.3. The zero-order chi connectivity index (χ0) is 15.9. The van der Waals surface area contributed by atoms with Gasteiger partial charge in [0.05, 0.1) is 6.20 Å². The maximum atomic E-state index is 13.1. The molecule has 0 aliphatic heterocycles. The largest absolute Gasteiger partial charge is 0.491 e. The summed E-state index contributed by atoms with van der Waals surface area (Å²) in [7, 11) is 0. The van der Waals surface area contributed by atoms with E-state index in [0.717, 1.165) is 6.20 Å². The molecule has 2 N–H and O–H groups in total. The van der Waals surface area contributed by atoms with Crippen LogP contribution in [-0.4, -0.2) is 29.3 Å². The van der Waals surface area contributed by atoms with E-state index in [4.69, 9.17) is 4.74 Å². The monoisotopic (exact) mass is 308 g/mol. The number of hydrogen-bond donors (Lipinski definition) is 2. The Labute approximate surface area is 127 Å². The smallest absolute Gasteiger partial charge is 0.141 e. The summed E-state index contributed by atoms with van der Waals surface area (Å²) in [6.45, 7) is 2.20. The highest BCUT2D eigenvalue weighted by Crippen LogP contribution is 2.13. The van der Waals surface area contributed by atoms with Gasteiger partial charge >= 0.3 is 0 Å². The van der Waals surface area contributed by atoms with Gasteiger partial charge in [-0.15, -0.1) is 0 Å². The molecule has 0 saturated heterocycles. The first-order valence-corrected chi connectivity index (χ1v) is 6.95. The molecular formula is C16H18F2N2O2. The SMILES string of the molecule is CC(NCC(O)COc1ccc(F)cc1)c1cncc(F)c1.